The molecule has 0 aliphatic heterocycles. The topological polar surface area (TPSA) is 24.9 Å². The van der Waals surface area contributed by atoms with Crippen LogP contribution < -0.4 is 5.32 Å². The number of rotatable bonds is 5. The van der Waals surface area contributed by atoms with Gasteiger partial charge < -0.3 is 5.32 Å². The fraction of sp³-hybridized carbons (Fsp3) is 0.389. The van der Waals surface area contributed by atoms with Gasteiger partial charge in [0.2, 0.25) is 0 Å². The van der Waals surface area contributed by atoms with E-state index >= 15 is 0 Å². The van der Waals surface area contributed by atoms with E-state index in [1.54, 1.807) is 11.8 Å². The molecule has 0 fully saturated rings. The fourth-order valence-corrected chi connectivity index (χ4v) is 3.79. The third kappa shape index (κ3) is 3.47. The van der Waals surface area contributed by atoms with Crippen molar-refractivity contribution in [3.05, 3.63) is 53.2 Å². The molecule has 110 valence electrons. The quantitative estimate of drug-likeness (QED) is 0.886. The maximum Gasteiger partial charge on any atom is 0.101 e. The van der Waals surface area contributed by atoms with Gasteiger partial charge in [0.25, 0.3) is 0 Å². The van der Waals surface area contributed by atoms with Gasteiger partial charge in [-0.25, -0.2) is 4.98 Å². The lowest BCUT2D eigenvalue weighted by molar-refractivity contribution is 0.596. The fourth-order valence-electron chi connectivity index (χ4n) is 2.91. The average Bonchev–Trinajstić information content (AvgIpc) is 2.95. The van der Waals surface area contributed by atoms with Crippen molar-refractivity contribution < 1.29 is 0 Å². The Morgan fingerprint density at radius 2 is 2.05 bits per heavy atom. The van der Waals surface area contributed by atoms with Gasteiger partial charge >= 0.3 is 0 Å². The van der Waals surface area contributed by atoms with Gasteiger partial charge in [-0.05, 0) is 73.7 Å². The number of aromatic nitrogens is 1. The predicted molar refractivity (Wildman–Crippen MR) is 88.9 cm³/mol. The molecule has 0 amide bonds. The minimum Gasteiger partial charge on any atom is -0.310 e. The van der Waals surface area contributed by atoms with Gasteiger partial charge in [0.15, 0.2) is 0 Å². The van der Waals surface area contributed by atoms with Crippen molar-refractivity contribution >= 4 is 11.8 Å². The van der Waals surface area contributed by atoms with Crippen LogP contribution in [0.2, 0.25) is 0 Å². The molecule has 1 N–H and O–H groups in total. The molecule has 1 aromatic heterocycles. The summed E-state index contributed by atoms with van der Waals surface area (Å²) >= 11 is 1.76. The van der Waals surface area contributed by atoms with E-state index in [0.29, 0.717) is 6.04 Å². The molecule has 0 spiro atoms. The Kier molecular flexibility index (Phi) is 4.61. The summed E-state index contributed by atoms with van der Waals surface area (Å²) in [6.45, 7) is 5.32. The number of aryl methyl sites for hydroxylation is 2. The lowest BCUT2D eigenvalue weighted by atomic mass is 10.1. The van der Waals surface area contributed by atoms with E-state index < -0.39 is 0 Å². The van der Waals surface area contributed by atoms with Gasteiger partial charge in [-0.3, -0.25) is 0 Å². The maximum absolute atomic E-state index is 4.51. The number of nitrogens with zero attached hydrogens (tertiary/aromatic N) is 1. The first kappa shape index (κ1) is 14.6. The molecule has 1 aliphatic carbocycles. The molecule has 1 unspecified atom stereocenters. The van der Waals surface area contributed by atoms with Gasteiger partial charge in [-0.1, -0.05) is 24.8 Å². The molecule has 2 nitrogen and oxygen atoms in total. The van der Waals surface area contributed by atoms with E-state index in [1.807, 2.05) is 6.20 Å². The SMILES string of the molecule is CCNC(C)c1ccnc(Sc2ccc3c(c2)CCC3)c1. The van der Waals surface area contributed by atoms with Gasteiger partial charge in [0.1, 0.15) is 5.03 Å². The number of hydrogen-bond donors (Lipinski definition) is 1. The van der Waals surface area contributed by atoms with Crippen LogP contribution in [0.1, 0.15) is 43.0 Å². The second-order valence-electron chi connectivity index (χ2n) is 5.59. The highest BCUT2D eigenvalue weighted by Crippen LogP contribution is 2.31. The van der Waals surface area contributed by atoms with Crippen molar-refractivity contribution in [3.63, 3.8) is 0 Å². The molecular weight excluding hydrogens is 276 g/mol. The molecule has 3 rings (SSSR count). The van der Waals surface area contributed by atoms with Crippen LogP contribution in [0.4, 0.5) is 0 Å². The van der Waals surface area contributed by atoms with Crippen LogP contribution in [0, 0.1) is 0 Å². The minimum atomic E-state index is 0.373. The highest BCUT2D eigenvalue weighted by molar-refractivity contribution is 7.99. The van der Waals surface area contributed by atoms with Crippen molar-refractivity contribution in [1.82, 2.24) is 10.3 Å². The summed E-state index contributed by atoms with van der Waals surface area (Å²) in [6.07, 6.45) is 5.69. The molecule has 1 atom stereocenters. The summed E-state index contributed by atoms with van der Waals surface area (Å²) in [5.74, 6) is 0. The van der Waals surface area contributed by atoms with Crippen LogP contribution in [0.3, 0.4) is 0 Å². The number of hydrogen-bond acceptors (Lipinski definition) is 3. The molecular formula is C18H22N2S. The monoisotopic (exact) mass is 298 g/mol. The van der Waals surface area contributed by atoms with Crippen LogP contribution in [0.15, 0.2) is 46.5 Å². The van der Waals surface area contributed by atoms with Crippen LogP contribution in [-0.4, -0.2) is 11.5 Å². The van der Waals surface area contributed by atoms with E-state index in [-0.39, 0.29) is 0 Å². The van der Waals surface area contributed by atoms with Crippen LogP contribution in [0.25, 0.3) is 0 Å². The Balaban J connectivity index is 1.77. The Morgan fingerprint density at radius 1 is 1.19 bits per heavy atom. The van der Waals surface area contributed by atoms with E-state index in [4.69, 9.17) is 0 Å². The molecule has 1 aliphatic rings. The smallest absolute Gasteiger partial charge is 0.101 e. The molecule has 2 aromatic rings. The van der Waals surface area contributed by atoms with E-state index in [1.165, 1.54) is 40.8 Å². The van der Waals surface area contributed by atoms with Crippen LogP contribution in [0.5, 0.6) is 0 Å². The zero-order valence-corrected chi connectivity index (χ0v) is 13.5. The summed E-state index contributed by atoms with van der Waals surface area (Å²) in [5, 5.41) is 4.53. The molecule has 21 heavy (non-hydrogen) atoms. The molecule has 0 bridgehead atoms. The Labute approximate surface area is 131 Å². The molecule has 1 heterocycles. The van der Waals surface area contributed by atoms with E-state index in [0.717, 1.165) is 11.6 Å². The van der Waals surface area contributed by atoms with Crippen molar-refractivity contribution in [2.75, 3.05) is 6.54 Å². The predicted octanol–water partition coefficient (Wildman–Crippen LogP) is 4.39. The zero-order chi connectivity index (χ0) is 14.7. The third-order valence-corrected chi connectivity index (χ3v) is 4.98. The summed E-state index contributed by atoms with van der Waals surface area (Å²) in [4.78, 5) is 5.81. The van der Waals surface area contributed by atoms with Crippen molar-refractivity contribution in [2.45, 2.75) is 49.1 Å². The summed E-state index contributed by atoms with van der Waals surface area (Å²) in [6, 6.07) is 11.5. The Morgan fingerprint density at radius 3 is 2.90 bits per heavy atom. The maximum atomic E-state index is 4.51. The molecule has 0 radical (unpaired) electrons. The first-order valence-electron chi connectivity index (χ1n) is 7.75. The lowest BCUT2D eigenvalue weighted by Gasteiger charge is -2.13. The molecule has 0 saturated heterocycles. The Hall–Kier alpha value is -1.32. The zero-order valence-electron chi connectivity index (χ0n) is 12.7. The normalized spacial score (nSPS) is 15.0. The highest BCUT2D eigenvalue weighted by atomic mass is 32.2. The van der Waals surface area contributed by atoms with Gasteiger partial charge in [-0.2, -0.15) is 0 Å². The van der Waals surface area contributed by atoms with Gasteiger partial charge in [-0.15, -0.1) is 0 Å². The van der Waals surface area contributed by atoms with Crippen LogP contribution >= 0.6 is 11.8 Å². The second kappa shape index (κ2) is 6.63. The number of fused-ring (bicyclic) bond motifs is 1. The summed E-state index contributed by atoms with van der Waals surface area (Å²) in [7, 11) is 0. The summed E-state index contributed by atoms with van der Waals surface area (Å²) < 4.78 is 0. The second-order valence-corrected chi connectivity index (χ2v) is 6.69. The lowest BCUT2D eigenvalue weighted by Crippen LogP contribution is -2.17. The number of nitrogens with one attached hydrogen (secondary N) is 1. The van der Waals surface area contributed by atoms with Gasteiger partial charge in [0, 0.05) is 17.1 Å². The number of pyridine rings is 1. The number of benzene rings is 1. The minimum absolute atomic E-state index is 0.373. The summed E-state index contributed by atoms with van der Waals surface area (Å²) in [5.41, 5.74) is 4.36. The van der Waals surface area contributed by atoms with Crippen LogP contribution in [-0.2, 0) is 12.8 Å². The first-order chi connectivity index (χ1) is 10.3. The largest absolute Gasteiger partial charge is 0.310 e. The van der Waals surface area contributed by atoms with Crippen molar-refractivity contribution in [3.8, 4) is 0 Å². The molecule has 0 saturated carbocycles. The standard InChI is InChI=1S/C18H22N2S/c1-3-19-13(2)15-9-10-20-18(12-15)21-17-8-7-14-5-4-6-16(14)11-17/h7-13,19H,3-6H2,1-2H3. The molecule has 3 heteroatoms. The molecule has 1 aromatic carbocycles. The third-order valence-electron chi connectivity index (χ3n) is 4.06. The first-order valence-corrected chi connectivity index (χ1v) is 8.57. The van der Waals surface area contributed by atoms with Gasteiger partial charge in [0.05, 0.1) is 0 Å². The average molecular weight is 298 g/mol. The van der Waals surface area contributed by atoms with Crippen molar-refractivity contribution in [1.29, 1.82) is 0 Å². The Bertz CT molecular complexity index is 624. The highest BCUT2D eigenvalue weighted by Gasteiger charge is 2.12. The van der Waals surface area contributed by atoms with Crippen molar-refractivity contribution in [2.24, 2.45) is 0 Å². The van der Waals surface area contributed by atoms with E-state index in [9.17, 15) is 0 Å². The van der Waals surface area contributed by atoms with E-state index in [2.05, 4.69) is 54.5 Å².